The third-order valence-corrected chi connectivity index (χ3v) is 7.35. The SMILES string of the molecule is CCCCOC(=O)CN(CCOCCNC(=O)CN(CCOCCN)CCOCCN)CCOCCNC(=O)CN(CCOCCN)CCOCCN. The second-order valence-corrected chi connectivity index (χ2v) is 11.9. The first-order valence-electron chi connectivity index (χ1n) is 19.0. The Morgan fingerprint density at radius 1 is 0.453 bits per heavy atom. The zero-order valence-electron chi connectivity index (χ0n) is 32.4. The normalized spacial score (nSPS) is 11.5. The summed E-state index contributed by atoms with van der Waals surface area (Å²) in [5.41, 5.74) is 21.9. The number of hydrogen-bond donors (Lipinski definition) is 6. The van der Waals surface area contributed by atoms with Crippen LogP contribution in [0.5, 0.6) is 0 Å². The van der Waals surface area contributed by atoms with Crippen LogP contribution >= 0.6 is 0 Å². The maximum absolute atomic E-state index is 12.6. The lowest BCUT2D eigenvalue weighted by Crippen LogP contribution is -2.42. The van der Waals surface area contributed by atoms with Gasteiger partial charge in [-0.25, -0.2) is 0 Å². The number of nitrogens with zero attached hydrogens (tertiary/aromatic N) is 3. The molecular formula is C34H73N9O10. The average Bonchev–Trinajstić information content (AvgIpc) is 3.14. The Kier molecular flexibility index (Phi) is 38.0. The molecule has 2 amide bonds. The van der Waals surface area contributed by atoms with Gasteiger partial charge in [-0.15, -0.1) is 0 Å². The van der Waals surface area contributed by atoms with E-state index in [-0.39, 0.29) is 37.4 Å². The quantitative estimate of drug-likeness (QED) is 0.0260. The molecule has 19 nitrogen and oxygen atoms in total. The molecule has 10 N–H and O–H groups in total. The van der Waals surface area contributed by atoms with Gasteiger partial charge < -0.3 is 66.7 Å². The molecule has 19 heteroatoms. The van der Waals surface area contributed by atoms with E-state index in [0.29, 0.717) is 164 Å². The molecular weight excluding hydrogens is 694 g/mol. The van der Waals surface area contributed by atoms with Gasteiger partial charge in [-0.1, -0.05) is 13.3 Å². The Morgan fingerprint density at radius 2 is 0.774 bits per heavy atom. The van der Waals surface area contributed by atoms with Crippen molar-refractivity contribution in [3.63, 3.8) is 0 Å². The van der Waals surface area contributed by atoms with Crippen LogP contribution in [0.4, 0.5) is 0 Å². The fourth-order valence-electron chi connectivity index (χ4n) is 4.52. The van der Waals surface area contributed by atoms with Crippen LogP contribution in [-0.2, 0) is 47.5 Å². The first-order chi connectivity index (χ1) is 25.9. The molecule has 0 aliphatic rings. The summed E-state index contributed by atoms with van der Waals surface area (Å²) in [6, 6.07) is 0. The minimum atomic E-state index is -0.309. The van der Waals surface area contributed by atoms with Gasteiger partial charge in [0.1, 0.15) is 0 Å². The summed E-state index contributed by atoms with van der Waals surface area (Å²) in [6.45, 7) is 13.6. The molecule has 0 aromatic rings. The summed E-state index contributed by atoms with van der Waals surface area (Å²) < 4.78 is 38.7. The van der Waals surface area contributed by atoms with Crippen molar-refractivity contribution in [2.45, 2.75) is 19.8 Å². The van der Waals surface area contributed by atoms with Crippen molar-refractivity contribution in [2.75, 3.05) is 184 Å². The number of carbonyl (C=O) groups excluding carboxylic acids is 3. The van der Waals surface area contributed by atoms with E-state index < -0.39 is 0 Å². The Balaban J connectivity index is 4.56. The van der Waals surface area contributed by atoms with Gasteiger partial charge in [-0.3, -0.25) is 29.1 Å². The van der Waals surface area contributed by atoms with Gasteiger partial charge in [-0.05, 0) is 6.42 Å². The molecule has 0 aliphatic heterocycles. The van der Waals surface area contributed by atoms with Gasteiger partial charge in [-0.2, -0.15) is 0 Å². The fourth-order valence-corrected chi connectivity index (χ4v) is 4.52. The number of carbonyl (C=O) groups is 3. The number of ether oxygens (including phenoxy) is 7. The highest BCUT2D eigenvalue weighted by molar-refractivity contribution is 5.78. The van der Waals surface area contributed by atoms with Crippen LogP contribution in [0.25, 0.3) is 0 Å². The van der Waals surface area contributed by atoms with Crippen molar-refractivity contribution in [3.05, 3.63) is 0 Å². The molecule has 0 aliphatic carbocycles. The van der Waals surface area contributed by atoms with Crippen LogP contribution in [0.2, 0.25) is 0 Å². The van der Waals surface area contributed by atoms with Crippen molar-refractivity contribution in [1.29, 1.82) is 0 Å². The molecule has 0 heterocycles. The van der Waals surface area contributed by atoms with E-state index >= 15 is 0 Å². The number of amides is 2. The maximum Gasteiger partial charge on any atom is 0.320 e. The highest BCUT2D eigenvalue weighted by atomic mass is 16.5. The predicted octanol–water partition coefficient (Wildman–Crippen LogP) is -3.60. The second-order valence-electron chi connectivity index (χ2n) is 11.9. The van der Waals surface area contributed by atoms with E-state index in [1.54, 1.807) is 0 Å². The van der Waals surface area contributed by atoms with Gasteiger partial charge in [0, 0.05) is 78.5 Å². The monoisotopic (exact) mass is 768 g/mol. The number of nitrogens with one attached hydrogen (secondary N) is 2. The summed E-state index contributed by atoms with van der Waals surface area (Å²) in [4.78, 5) is 43.3. The smallest absolute Gasteiger partial charge is 0.320 e. The molecule has 0 saturated carbocycles. The van der Waals surface area contributed by atoms with E-state index in [2.05, 4.69) is 10.6 Å². The van der Waals surface area contributed by atoms with Gasteiger partial charge in [0.2, 0.25) is 11.8 Å². The second kappa shape index (κ2) is 39.6. The molecule has 0 saturated heterocycles. The third-order valence-electron chi connectivity index (χ3n) is 7.35. The summed E-state index contributed by atoms with van der Waals surface area (Å²) in [6.07, 6.45) is 1.74. The van der Waals surface area contributed by atoms with Gasteiger partial charge in [0.15, 0.2) is 0 Å². The molecule has 0 rings (SSSR count). The van der Waals surface area contributed by atoms with Crippen LogP contribution in [-0.4, -0.2) is 217 Å². The predicted molar refractivity (Wildman–Crippen MR) is 202 cm³/mol. The molecule has 0 aromatic heterocycles. The fraction of sp³-hybridized carbons (Fsp3) is 0.912. The number of esters is 1. The van der Waals surface area contributed by atoms with Crippen LogP contribution in [0.3, 0.4) is 0 Å². The summed E-state index contributed by atoms with van der Waals surface area (Å²) in [5, 5.41) is 5.75. The Bertz CT molecular complexity index is 777. The van der Waals surface area contributed by atoms with Crippen LogP contribution in [0.1, 0.15) is 19.8 Å². The minimum Gasteiger partial charge on any atom is -0.465 e. The topological polar surface area (TPSA) is 254 Å². The minimum absolute atomic E-state index is 0.101. The molecule has 0 fully saturated rings. The van der Waals surface area contributed by atoms with E-state index in [4.69, 9.17) is 56.1 Å². The van der Waals surface area contributed by atoms with Crippen molar-refractivity contribution in [1.82, 2.24) is 25.3 Å². The molecule has 0 atom stereocenters. The number of nitrogens with two attached hydrogens (primary N) is 4. The largest absolute Gasteiger partial charge is 0.465 e. The zero-order valence-corrected chi connectivity index (χ0v) is 32.4. The van der Waals surface area contributed by atoms with Gasteiger partial charge in [0.25, 0.3) is 0 Å². The standard InChI is InChI=1S/C34H73N9O10/c1-2-3-16-53-34(46)31-43(14-27-51-21-8-39-32(44)29-41(10-23-47-17-4-35)11-24-48-18-5-36)15-28-52-22-9-40-33(45)30-42(12-25-49-19-6-37)13-26-50-20-7-38/h2-31,35-38H2,1H3,(H,39,44)(H,40,45). The van der Waals surface area contributed by atoms with E-state index in [1.165, 1.54) is 0 Å². The molecule has 0 spiro atoms. The number of rotatable bonds is 41. The first kappa shape index (κ1) is 50.9. The first-order valence-corrected chi connectivity index (χ1v) is 19.0. The van der Waals surface area contributed by atoms with E-state index in [0.717, 1.165) is 12.8 Å². The van der Waals surface area contributed by atoms with Crippen molar-refractivity contribution in [2.24, 2.45) is 22.9 Å². The lowest BCUT2D eigenvalue weighted by atomic mass is 10.4. The summed E-state index contributed by atoms with van der Waals surface area (Å²) >= 11 is 0. The lowest BCUT2D eigenvalue weighted by Gasteiger charge is -2.22. The van der Waals surface area contributed by atoms with E-state index in [9.17, 15) is 14.4 Å². The van der Waals surface area contributed by atoms with Gasteiger partial charge in [0.05, 0.1) is 106 Å². The number of unbranched alkanes of at least 4 members (excludes halogenated alkanes) is 1. The highest BCUT2D eigenvalue weighted by Gasteiger charge is 2.14. The molecule has 0 bridgehead atoms. The summed E-state index contributed by atoms with van der Waals surface area (Å²) in [5.74, 6) is -0.570. The van der Waals surface area contributed by atoms with Crippen LogP contribution < -0.4 is 33.6 Å². The van der Waals surface area contributed by atoms with Gasteiger partial charge >= 0.3 is 5.97 Å². The van der Waals surface area contributed by atoms with Crippen molar-refractivity contribution < 1.29 is 47.5 Å². The molecule has 314 valence electrons. The third kappa shape index (κ3) is 35.4. The molecule has 0 unspecified atom stereocenters. The summed E-state index contributed by atoms with van der Waals surface area (Å²) in [7, 11) is 0. The maximum atomic E-state index is 12.6. The van der Waals surface area contributed by atoms with Crippen molar-refractivity contribution >= 4 is 17.8 Å². The highest BCUT2D eigenvalue weighted by Crippen LogP contribution is 1.96. The van der Waals surface area contributed by atoms with Crippen molar-refractivity contribution in [3.8, 4) is 0 Å². The zero-order chi connectivity index (χ0) is 39.0. The molecule has 53 heavy (non-hydrogen) atoms. The Hall–Kier alpha value is -2.11. The Morgan fingerprint density at radius 3 is 1.09 bits per heavy atom. The van der Waals surface area contributed by atoms with Crippen LogP contribution in [0, 0.1) is 0 Å². The molecule has 0 radical (unpaired) electrons. The molecule has 0 aromatic carbocycles. The number of hydrogen-bond acceptors (Lipinski definition) is 17. The Labute approximate surface area is 317 Å². The average molecular weight is 768 g/mol. The van der Waals surface area contributed by atoms with Crippen LogP contribution in [0.15, 0.2) is 0 Å². The van der Waals surface area contributed by atoms with E-state index in [1.807, 2.05) is 21.6 Å². The lowest BCUT2D eigenvalue weighted by molar-refractivity contribution is -0.145.